The summed E-state index contributed by atoms with van der Waals surface area (Å²) < 4.78 is 5.54. The zero-order valence-electron chi connectivity index (χ0n) is 10.6. The van der Waals surface area contributed by atoms with Crippen LogP contribution in [0.5, 0.6) is 5.75 Å². The molecule has 0 spiro atoms. The maximum absolute atomic E-state index is 12.1. The topological polar surface area (TPSA) is 84.1 Å². The molecule has 2 N–H and O–H groups in total. The maximum atomic E-state index is 12.1. The number of carbonyl (C=O) groups excluding carboxylic acids is 1. The Morgan fingerprint density at radius 1 is 1.30 bits per heavy atom. The average molecular weight is 271 g/mol. The number of amides is 1. The lowest BCUT2D eigenvalue weighted by Gasteiger charge is -2.26. The molecule has 0 saturated carbocycles. The molecule has 6 nitrogen and oxygen atoms in total. The second-order valence-electron chi connectivity index (χ2n) is 4.51. The highest BCUT2D eigenvalue weighted by Gasteiger charge is 2.23. The van der Waals surface area contributed by atoms with Crippen molar-refractivity contribution in [3.05, 3.63) is 58.0 Å². The Bertz CT molecular complexity index is 676. The minimum atomic E-state index is -0.335. The second kappa shape index (κ2) is 5.16. The molecule has 1 amide bonds. The molecule has 6 heteroatoms. The molecule has 0 aliphatic carbocycles. The van der Waals surface area contributed by atoms with E-state index in [1.54, 1.807) is 0 Å². The van der Waals surface area contributed by atoms with Crippen LogP contribution in [-0.4, -0.2) is 22.7 Å². The van der Waals surface area contributed by atoms with Crippen LogP contribution in [0.4, 0.5) is 0 Å². The number of aromatic nitrogens is 2. The van der Waals surface area contributed by atoms with Gasteiger partial charge in [0.1, 0.15) is 11.4 Å². The number of aromatic amines is 1. The van der Waals surface area contributed by atoms with Gasteiger partial charge in [-0.05, 0) is 12.1 Å². The summed E-state index contributed by atoms with van der Waals surface area (Å²) in [4.78, 5) is 23.0. The minimum Gasteiger partial charge on any atom is -0.493 e. The smallest absolute Gasteiger partial charge is 0.272 e. The standard InChI is InChI=1S/C14H13N3O3/c18-13-6-5-11(16-17-13)14(19)15-10-7-8-20-12-4-2-1-3-9(10)12/h1-6,10H,7-8H2,(H,15,19)(H,17,18)/t10-/m0/s1. The predicted molar refractivity (Wildman–Crippen MR) is 71.6 cm³/mol. The first kappa shape index (κ1) is 12.4. The van der Waals surface area contributed by atoms with Crippen LogP contribution in [-0.2, 0) is 0 Å². The fourth-order valence-corrected chi connectivity index (χ4v) is 2.20. The van der Waals surface area contributed by atoms with Gasteiger partial charge < -0.3 is 10.1 Å². The first-order valence-corrected chi connectivity index (χ1v) is 6.32. The van der Waals surface area contributed by atoms with Crippen LogP contribution in [0.15, 0.2) is 41.2 Å². The molecule has 0 saturated heterocycles. The normalized spacial score (nSPS) is 16.9. The SMILES string of the molecule is O=C(N[C@H]1CCOc2ccccc21)c1ccc(=O)[nH]n1. The maximum Gasteiger partial charge on any atom is 0.272 e. The van der Waals surface area contributed by atoms with Gasteiger partial charge >= 0.3 is 0 Å². The van der Waals surface area contributed by atoms with E-state index in [0.717, 1.165) is 11.3 Å². The molecule has 1 aromatic heterocycles. The average Bonchev–Trinajstić information content (AvgIpc) is 2.48. The number of rotatable bonds is 2. The van der Waals surface area contributed by atoms with Crippen LogP contribution in [0.2, 0.25) is 0 Å². The number of benzene rings is 1. The Kier molecular flexibility index (Phi) is 3.20. The number of fused-ring (bicyclic) bond motifs is 1. The number of nitrogens with one attached hydrogen (secondary N) is 2. The van der Waals surface area contributed by atoms with E-state index in [1.165, 1.54) is 12.1 Å². The molecule has 1 atom stereocenters. The molecule has 0 radical (unpaired) electrons. The van der Waals surface area contributed by atoms with Crippen molar-refractivity contribution < 1.29 is 9.53 Å². The fourth-order valence-electron chi connectivity index (χ4n) is 2.20. The molecule has 0 fully saturated rings. The first-order chi connectivity index (χ1) is 9.74. The third-order valence-corrected chi connectivity index (χ3v) is 3.18. The van der Waals surface area contributed by atoms with Crippen LogP contribution in [0.1, 0.15) is 28.5 Å². The molecule has 2 heterocycles. The lowest BCUT2D eigenvalue weighted by Crippen LogP contribution is -2.33. The fraction of sp³-hybridized carbons (Fsp3) is 0.214. The van der Waals surface area contributed by atoms with Crippen molar-refractivity contribution in [2.24, 2.45) is 0 Å². The number of hydrogen-bond donors (Lipinski definition) is 2. The Morgan fingerprint density at radius 3 is 2.95 bits per heavy atom. The van der Waals surface area contributed by atoms with Gasteiger partial charge in [0.2, 0.25) is 0 Å². The van der Waals surface area contributed by atoms with E-state index in [4.69, 9.17) is 4.74 Å². The van der Waals surface area contributed by atoms with E-state index in [1.807, 2.05) is 24.3 Å². The Morgan fingerprint density at radius 2 is 2.15 bits per heavy atom. The van der Waals surface area contributed by atoms with Gasteiger partial charge in [0.05, 0.1) is 12.6 Å². The number of hydrogen-bond acceptors (Lipinski definition) is 4. The van der Waals surface area contributed by atoms with Gasteiger partial charge in [0.25, 0.3) is 11.5 Å². The summed E-state index contributed by atoms with van der Waals surface area (Å²) in [6, 6.07) is 10.2. The Balaban J connectivity index is 1.80. The summed E-state index contributed by atoms with van der Waals surface area (Å²) in [5.74, 6) is 0.474. The third kappa shape index (κ3) is 2.40. The molecule has 0 bridgehead atoms. The van der Waals surface area contributed by atoms with Crippen molar-refractivity contribution in [2.75, 3.05) is 6.61 Å². The Hall–Kier alpha value is -2.63. The van der Waals surface area contributed by atoms with E-state index < -0.39 is 0 Å². The van der Waals surface area contributed by atoms with E-state index >= 15 is 0 Å². The number of carbonyl (C=O) groups is 1. The van der Waals surface area contributed by atoms with Gasteiger partial charge in [-0.25, -0.2) is 5.10 Å². The van der Waals surface area contributed by atoms with Gasteiger partial charge in [-0.15, -0.1) is 0 Å². The summed E-state index contributed by atoms with van der Waals surface area (Å²) in [6.07, 6.45) is 0.701. The molecule has 0 unspecified atom stereocenters. The van der Waals surface area contributed by atoms with Gasteiger partial charge in [0, 0.05) is 18.1 Å². The predicted octanol–water partition coefficient (Wildman–Crippen LogP) is 1.02. The van der Waals surface area contributed by atoms with Crippen LogP contribution >= 0.6 is 0 Å². The highest BCUT2D eigenvalue weighted by molar-refractivity contribution is 5.92. The van der Waals surface area contributed by atoms with Crippen molar-refractivity contribution >= 4 is 5.91 Å². The molecule has 1 aliphatic heterocycles. The zero-order chi connectivity index (χ0) is 13.9. The molecule has 20 heavy (non-hydrogen) atoms. The first-order valence-electron chi connectivity index (χ1n) is 6.32. The Labute approximate surface area is 114 Å². The molecule has 1 aliphatic rings. The van der Waals surface area contributed by atoms with E-state index in [2.05, 4.69) is 15.5 Å². The van der Waals surface area contributed by atoms with E-state index in [0.29, 0.717) is 13.0 Å². The summed E-state index contributed by atoms with van der Waals surface area (Å²) >= 11 is 0. The molecule has 1 aromatic carbocycles. The molecule has 2 aromatic rings. The van der Waals surface area contributed by atoms with Gasteiger partial charge in [-0.3, -0.25) is 9.59 Å². The second-order valence-corrected chi connectivity index (χ2v) is 4.51. The van der Waals surface area contributed by atoms with Gasteiger partial charge in [-0.1, -0.05) is 18.2 Å². The highest BCUT2D eigenvalue weighted by Crippen LogP contribution is 2.31. The van der Waals surface area contributed by atoms with Crippen molar-refractivity contribution in [3.63, 3.8) is 0 Å². The quantitative estimate of drug-likeness (QED) is 0.854. The van der Waals surface area contributed by atoms with E-state index in [-0.39, 0.29) is 23.2 Å². The number of H-pyrrole nitrogens is 1. The van der Waals surface area contributed by atoms with Crippen molar-refractivity contribution in [3.8, 4) is 5.75 Å². The van der Waals surface area contributed by atoms with Crippen molar-refractivity contribution in [1.29, 1.82) is 0 Å². The number of nitrogens with zero attached hydrogens (tertiary/aromatic N) is 1. The van der Waals surface area contributed by atoms with Crippen molar-refractivity contribution in [2.45, 2.75) is 12.5 Å². The third-order valence-electron chi connectivity index (χ3n) is 3.18. The number of para-hydroxylation sites is 1. The summed E-state index contributed by atoms with van der Waals surface area (Å²) in [7, 11) is 0. The zero-order valence-corrected chi connectivity index (χ0v) is 10.6. The molecular weight excluding hydrogens is 258 g/mol. The van der Waals surface area contributed by atoms with Crippen LogP contribution in [0, 0.1) is 0 Å². The highest BCUT2D eigenvalue weighted by atomic mass is 16.5. The van der Waals surface area contributed by atoms with Crippen molar-refractivity contribution in [1.82, 2.24) is 15.5 Å². The number of ether oxygens (including phenoxy) is 1. The molecular formula is C14H13N3O3. The summed E-state index contributed by atoms with van der Waals surface area (Å²) in [5.41, 5.74) is 0.808. The lowest BCUT2D eigenvalue weighted by atomic mass is 10.0. The minimum absolute atomic E-state index is 0.110. The largest absolute Gasteiger partial charge is 0.493 e. The van der Waals surface area contributed by atoms with Gasteiger partial charge in [0.15, 0.2) is 0 Å². The van der Waals surface area contributed by atoms with Crippen LogP contribution in [0.3, 0.4) is 0 Å². The van der Waals surface area contributed by atoms with E-state index in [9.17, 15) is 9.59 Å². The van der Waals surface area contributed by atoms with Crippen LogP contribution in [0.25, 0.3) is 0 Å². The van der Waals surface area contributed by atoms with Crippen LogP contribution < -0.4 is 15.6 Å². The monoisotopic (exact) mass is 271 g/mol. The summed E-state index contributed by atoms with van der Waals surface area (Å²) in [5, 5.41) is 8.87. The molecule has 3 rings (SSSR count). The van der Waals surface area contributed by atoms with Gasteiger partial charge in [-0.2, -0.15) is 5.10 Å². The molecule has 102 valence electrons. The lowest BCUT2D eigenvalue weighted by molar-refractivity contribution is 0.0918. The summed E-state index contributed by atoms with van der Waals surface area (Å²) in [6.45, 7) is 0.557.